The van der Waals surface area contributed by atoms with E-state index < -0.39 is 46.9 Å². The van der Waals surface area contributed by atoms with Crippen LogP contribution in [0.25, 0.3) is 0 Å². The monoisotopic (exact) mass is 408 g/mol. The number of H-pyrrole nitrogens is 1. The third kappa shape index (κ3) is 3.74. The molecule has 0 unspecified atom stereocenters. The minimum absolute atomic E-state index is 0.320. The highest BCUT2D eigenvalue weighted by atomic mass is 16.6. The van der Waals surface area contributed by atoms with Gasteiger partial charge in [0.05, 0.1) is 6.54 Å². The van der Waals surface area contributed by atoms with Gasteiger partial charge in [0.25, 0.3) is 5.56 Å². The van der Waals surface area contributed by atoms with Crippen molar-refractivity contribution in [3.8, 4) is 0 Å². The van der Waals surface area contributed by atoms with Crippen LogP contribution in [0.2, 0.25) is 0 Å². The zero-order chi connectivity index (χ0) is 21.7. The van der Waals surface area contributed by atoms with Crippen LogP contribution in [0.4, 0.5) is 4.79 Å². The Hall–Kier alpha value is -2.46. The van der Waals surface area contributed by atoms with Crippen molar-refractivity contribution < 1.29 is 19.4 Å². The third-order valence-corrected chi connectivity index (χ3v) is 5.39. The van der Waals surface area contributed by atoms with Gasteiger partial charge in [-0.3, -0.25) is 14.3 Å². The summed E-state index contributed by atoms with van der Waals surface area (Å²) in [5.41, 5.74) is -2.34. The maximum atomic E-state index is 12.4. The quantitative estimate of drug-likeness (QED) is 0.550. The first kappa shape index (κ1) is 21.3. The summed E-state index contributed by atoms with van der Waals surface area (Å²) < 4.78 is 12.6. The number of aliphatic imine (C=N–C) groups is 1. The second kappa shape index (κ2) is 7.10. The van der Waals surface area contributed by atoms with E-state index in [0.29, 0.717) is 24.4 Å². The molecule has 2 bridgehead atoms. The van der Waals surface area contributed by atoms with Crippen molar-refractivity contribution >= 4 is 11.9 Å². The van der Waals surface area contributed by atoms with E-state index in [2.05, 4.69) is 9.98 Å². The number of nitrogens with zero attached hydrogens (tertiary/aromatic N) is 3. The molecule has 160 valence electrons. The number of fused-ring (bicyclic) bond motifs is 2. The molecular formula is C19H28N4O6. The number of morpholine rings is 1. The topological polar surface area (TPSA) is 126 Å². The van der Waals surface area contributed by atoms with Crippen molar-refractivity contribution in [2.24, 2.45) is 4.99 Å². The summed E-state index contributed by atoms with van der Waals surface area (Å²) in [6.07, 6.45) is -0.561. The molecule has 1 amide bonds. The fraction of sp³-hybridized carbons (Fsp3) is 0.684. The van der Waals surface area contributed by atoms with Gasteiger partial charge in [-0.05, 0) is 41.0 Å². The molecule has 1 aromatic heterocycles. The van der Waals surface area contributed by atoms with Crippen LogP contribution in [0.5, 0.6) is 0 Å². The number of amidine groups is 1. The summed E-state index contributed by atoms with van der Waals surface area (Å²) in [7, 11) is 0. The first-order valence-electron chi connectivity index (χ1n) is 9.61. The normalized spacial score (nSPS) is 29.4. The van der Waals surface area contributed by atoms with Gasteiger partial charge in [-0.2, -0.15) is 4.99 Å². The molecule has 0 aromatic carbocycles. The van der Waals surface area contributed by atoms with Crippen molar-refractivity contribution in [2.45, 2.75) is 77.5 Å². The Balaban J connectivity index is 1.98. The lowest BCUT2D eigenvalue weighted by atomic mass is 9.96. The van der Waals surface area contributed by atoms with Crippen LogP contribution >= 0.6 is 0 Å². The minimum atomic E-state index is -0.913. The van der Waals surface area contributed by atoms with E-state index in [1.54, 1.807) is 39.5 Å². The van der Waals surface area contributed by atoms with Gasteiger partial charge in [-0.1, -0.05) is 6.92 Å². The van der Waals surface area contributed by atoms with Crippen molar-refractivity contribution in [1.82, 2.24) is 14.5 Å². The van der Waals surface area contributed by atoms with Gasteiger partial charge in [-0.25, -0.2) is 9.59 Å². The van der Waals surface area contributed by atoms with Crippen LogP contribution in [-0.2, 0) is 9.47 Å². The number of aromatic nitrogens is 2. The number of rotatable bonds is 2. The molecule has 0 spiro atoms. The largest absolute Gasteiger partial charge is 0.442 e. The first-order chi connectivity index (χ1) is 13.4. The van der Waals surface area contributed by atoms with Crippen molar-refractivity contribution in [3.05, 3.63) is 32.6 Å². The lowest BCUT2D eigenvalue weighted by Gasteiger charge is -2.38. The average Bonchev–Trinajstić information content (AvgIpc) is 3.04. The molecule has 0 aliphatic carbocycles. The lowest BCUT2D eigenvalue weighted by molar-refractivity contribution is -0.128. The van der Waals surface area contributed by atoms with Crippen LogP contribution in [0.1, 0.15) is 52.8 Å². The summed E-state index contributed by atoms with van der Waals surface area (Å²) in [4.78, 5) is 44.3. The molecule has 2 aliphatic heterocycles. The average molecular weight is 408 g/mol. The van der Waals surface area contributed by atoms with Gasteiger partial charge in [0.2, 0.25) is 0 Å². The molecule has 0 radical (unpaired) electrons. The number of carbonyl (C=O) groups excluding carboxylic acids is 1. The Bertz CT molecular complexity index is 959. The Morgan fingerprint density at radius 1 is 1.45 bits per heavy atom. The number of ether oxygens (including phenoxy) is 2. The van der Waals surface area contributed by atoms with Crippen LogP contribution < -0.4 is 11.2 Å². The van der Waals surface area contributed by atoms with E-state index in [0.717, 1.165) is 0 Å². The van der Waals surface area contributed by atoms with E-state index in [1.807, 2.05) is 6.92 Å². The van der Waals surface area contributed by atoms with Crippen molar-refractivity contribution in [3.63, 3.8) is 0 Å². The van der Waals surface area contributed by atoms with Crippen molar-refractivity contribution in [1.29, 1.82) is 0 Å². The molecule has 1 aromatic rings. The molecule has 2 N–H and O–H groups in total. The molecule has 29 heavy (non-hydrogen) atoms. The SMILES string of the molecule is CC[C@@]12CN(C(C)=NC(=O)OC(C)(C)C)[C@@H]([C@H](n3cc(C)c(=O)[nH]c3=O)O1)[C@@H]2O. The van der Waals surface area contributed by atoms with E-state index in [4.69, 9.17) is 9.47 Å². The highest BCUT2D eigenvalue weighted by Crippen LogP contribution is 2.48. The Morgan fingerprint density at radius 3 is 2.66 bits per heavy atom. The Labute approximate surface area is 168 Å². The van der Waals surface area contributed by atoms with Gasteiger partial charge in [-0.15, -0.1) is 0 Å². The predicted molar refractivity (Wildman–Crippen MR) is 105 cm³/mol. The molecule has 2 saturated heterocycles. The number of aliphatic hydroxyl groups excluding tert-OH is 1. The molecule has 2 fully saturated rings. The number of nitrogens with one attached hydrogen (secondary N) is 1. The number of aliphatic hydroxyl groups is 1. The predicted octanol–water partition coefficient (Wildman–Crippen LogP) is 0.921. The maximum absolute atomic E-state index is 12.4. The summed E-state index contributed by atoms with van der Waals surface area (Å²) in [6, 6.07) is -0.649. The fourth-order valence-corrected chi connectivity index (χ4v) is 3.91. The Kier molecular flexibility index (Phi) is 5.20. The fourth-order valence-electron chi connectivity index (χ4n) is 3.91. The van der Waals surface area contributed by atoms with Gasteiger partial charge in [0.15, 0.2) is 6.23 Å². The van der Waals surface area contributed by atoms with E-state index >= 15 is 0 Å². The Morgan fingerprint density at radius 2 is 2.10 bits per heavy atom. The third-order valence-electron chi connectivity index (χ3n) is 5.39. The first-order valence-corrected chi connectivity index (χ1v) is 9.61. The highest BCUT2D eigenvalue weighted by Gasteiger charge is 2.63. The maximum Gasteiger partial charge on any atom is 0.435 e. The number of likely N-dealkylation sites (tertiary alicyclic amines) is 1. The summed E-state index contributed by atoms with van der Waals surface area (Å²) in [5, 5.41) is 10.9. The molecule has 3 rings (SSSR count). The number of carbonyl (C=O) groups is 1. The minimum Gasteiger partial charge on any atom is -0.442 e. The molecule has 10 nitrogen and oxygen atoms in total. The number of hydrogen-bond donors (Lipinski definition) is 2. The molecule has 3 heterocycles. The summed E-state index contributed by atoms with van der Waals surface area (Å²) in [5.74, 6) is 0.362. The molecule has 0 saturated carbocycles. The number of aromatic amines is 1. The van der Waals surface area contributed by atoms with Gasteiger partial charge >= 0.3 is 11.8 Å². The number of hydrogen-bond acceptors (Lipinski definition) is 6. The number of aryl methyl sites for hydroxylation is 1. The molecular weight excluding hydrogens is 380 g/mol. The standard InChI is InChI=1S/C19H28N4O6/c1-7-19-9-23(11(3)20-17(27)29-18(4,5)6)12(13(19)24)15(28-19)22-8-10(2)14(25)21-16(22)26/h8,12-13,15,24H,7,9H2,1-6H3,(H,21,25,26)/t12-,13+,15-,19+/m1/s1. The number of amides is 1. The van der Waals surface area contributed by atoms with Crippen molar-refractivity contribution in [2.75, 3.05) is 6.54 Å². The van der Waals surface area contributed by atoms with Crippen LogP contribution in [0, 0.1) is 6.92 Å². The summed E-state index contributed by atoms with van der Waals surface area (Å²) >= 11 is 0. The zero-order valence-corrected chi connectivity index (χ0v) is 17.6. The van der Waals surface area contributed by atoms with Crippen LogP contribution in [0.15, 0.2) is 20.8 Å². The zero-order valence-electron chi connectivity index (χ0n) is 17.6. The molecule has 10 heteroatoms. The van der Waals surface area contributed by atoms with Gasteiger partial charge in [0, 0.05) is 11.8 Å². The van der Waals surface area contributed by atoms with Gasteiger partial charge < -0.3 is 19.5 Å². The second-order valence-corrected chi connectivity index (χ2v) is 8.61. The van der Waals surface area contributed by atoms with Crippen LogP contribution in [-0.4, -0.2) is 61.4 Å². The summed E-state index contributed by atoms with van der Waals surface area (Å²) in [6.45, 7) is 10.7. The lowest BCUT2D eigenvalue weighted by Crippen LogP contribution is -2.50. The van der Waals surface area contributed by atoms with E-state index in [1.165, 1.54) is 10.8 Å². The second-order valence-electron chi connectivity index (χ2n) is 8.61. The smallest absolute Gasteiger partial charge is 0.435 e. The van der Waals surface area contributed by atoms with E-state index in [9.17, 15) is 19.5 Å². The van der Waals surface area contributed by atoms with Gasteiger partial charge in [0.1, 0.15) is 29.2 Å². The van der Waals surface area contributed by atoms with Crippen LogP contribution in [0.3, 0.4) is 0 Å². The highest BCUT2D eigenvalue weighted by molar-refractivity contribution is 5.91. The molecule has 2 aliphatic rings. The van der Waals surface area contributed by atoms with E-state index in [-0.39, 0.29) is 0 Å². The molecule has 4 atom stereocenters.